The fourth-order valence-electron chi connectivity index (χ4n) is 3.53. The molecule has 0 N–H and O–H groups in total. The van der Waals surface area contributed by atoms with Gasteiger partial charge < -0.3 is 18.6 Å². The largest absolute Gasteiger partial charge is 0.457 e. The van der Waals surface area contributed by atoms with Gasteiger partial charge in [-0.25, -0.2) is 0 Å². The van der Waals surface area contributed by atoms with Crippen LogP contribution in [0, 0.1) is 13.8 Å². The second-order valence-electron chi connectivity index (χ2n) is 6.85. The monoisotopic (exact) mass is 384 g/mol. The number of para-hydroxylation sites is 1. The molecular weight excluding hydrogens is 360 g/mol. The normalized spacial score (nSPS) is 12.3. The third kappa shape index (κ3) is 3.99. The first-order valence-corrected chi connectivity index (χ1v) is 9.11. The average molecular weight is 384 g/mol. The van der Waals surface area contributed by atoms with Gasteiger partial charge in [-0.3, -0.25) is 9.59 Å². The van der Waals surface area contributed by atoms with E-state index in [2.05, 4.69) is 9.72 Å². The van der Waals surface area contributed by atoms with Crippen LogP contribution in [0.15, 0.2) is 34.9 Å². The number of Topliss-reactive ketones (excluding diaryl/α,β-unsaturated/α-hetero) is 1. The van der Waals surface area contributed by atoms with E-state index in [1.807, 2.05) is 45.0 Å². The van der Waals surface area contributed by atoms with Crippen molar-refractivity contribution in [3.8, 4) is 0 Å². The molecule has 0 amide bonds. The van der Waals surface area contributed by atoms with Crippen LogP contribution >= 0.6 is 0 Å². The van der Waals surface area contributed by atoms with Gasteiger partial charge in [0.2, 0.25) is 5.78 Å². The number of rotatable bonds is 8. The number of esters is 1. The van der Waals surface area contributed by atoms with Crippen molar-refractivity contribution in [1.82, 2.24) is 9.72 Å². The summed E-state index contributed by atoms with van der Waals surface area (Å²) in [6, 6.07) is 9.21. The number of benzene rings is 1. The molecule has 2 heterocycles. The third-order valence-electron chi connectivity index (χ3n) is 4.76. The molecule has 0 saturated carbocycles. The van der Waals surface area contributed by atoms with E-state index in [0.717, 1.165) is 16.8 Å². The highest BCUT2D eigenvalue weighted by molar-refractivity contribution is 5.99. The lowest BCUT2D eigenvalue weighted by atomic mass is 10.1. The summed E-state index contributed by atoms with van der Waals surface area (Å²) in [7, 11) is 1.65. The lowest BCUT2D eigenvalue weighted by Crippen LogP contribution is -2.17. The summed E-state index contributed by atoms with van der Waals surface area (Å²) in [5.74, 6) is -0.753. The van der Waals surface area contributed by atoms with Gasteiger partial charge in [-0.15, -0.1) is 0 Å². The molecule has 0 aliphatic rings. The van der Waals surface area contributed by atoms with Crippen molar-refractivity contribution in [3.05, 3.63) is 53.0 Å². The van der Waals surface area contributed by atoms with Gasteiger partial charge in [0.25, 0.3) is 0 Å². The Hall–Kier alpha value is -2.93. The summed E-state index contributed by atoms with van der Waals surface area (Å²) in [5, 5.41) is 4.68. The second-order valence-corrected chi connectivity index (χ2v) is 6.85. The Bertz CT molecular complexity index is 1000. The molecule has 7 heteroatoms. The number of nitrogens with zero attached hydrogens (tertiary/aromatic N) is 2. The predicted molar refractivity (Wildman–Crippen MR) is 103 cm³/mol. The van der Waals surface area contributed by atoms with Crippen molar-refractivity contribution in [3.63, 3.8) is 0 Å². The van der Waals surface area contributed by atoms with Gasteiger partial charge in [0.15, 0.2) is 12.2 Å². The fourth-order valence-corrected chi connectivity index (χ4v) is 3.53. The van der Waals surface area contributed by atoms with Crippen LogP contribution < -0.4 is 0 Å². The zero-order chi connectivity index (χ0) is 20.3. The molecule has 3 aromatic rings. The Morgan fingerprint density at radius 3 is 2.75 bits per heavy atom. The van der Waals surface area contributed by atoms with E-state index < -0.39 is 5.97 Å². The highest BCUT2D eigenvalue weighted by Gasteiger charge is 2.20. The summed E-state index contributed by atoms with van der Waals surface area (Å²) in [6.45, 7) is 6.09. The topological polar surface area (TPSA) is 83.6 Å². The maximum absolute atomic E-state index is 12.6. The van der Waals surface area contributed by atoms with E-state index in [9.17, 15) is 9.59 Å². The van der Waals surface area contributed by atoms with E-state index in [1.54, 1.807) is 13.2 Å². The first kappa shape index (κ1) is 19.8. The first-order chi connectivity index (χ1) is 13.4. The molecule has 0 bridgehead atoms. The van der Waals surface area contributed by atoms with E-state index in [-0.39, 0.29) is 24.9 Å². The maximum Gasteiger partial charge on any atom is 0.312 e. The molecule has 0 radical (unpaired) electrons. The number of hydrogen-bond donors (Lipinski definition) is 0. The lowest BCUT2D eigenvalue weighted by molar-refractivity contribution is -0.141. The highest BCUT2D eigenvalue weighted by Crippen LogP contribution is 2.22. The van der Waals surface area contributed by atoms with Crippen LogP contribution in [0.25, 0.3) is 11.0 Å². The number of aryl methyl sites for hydroxylation is 1. The van der Waals surface area contributed by atoms with Crippen molar-refractivity contribution in [2.45, 2.75) is 33.2 Å². The Labute approximate surface area is 163 Å². The number of carbonyl (C=O) groups excluding carboxylic acids is 2. The molecule has 0 aliphatic carbocycles. The molecule has 1 aromatic carbocycles. The van der Waals surface area contributed by atoms with Crippen LogP contribution in [0.2, 0.25) is 0 Å². The molecule has 1 atom stereocenters. The van der Waals surface area contributed by atoms with Crippen molar-refractivity contribution >= 4 is 22.7 Å². The third-order valence-corrected chi connectivity index (χ3v) is 4.76. The molecule has 28 heavy (non-hydrogen) atoms. The van der Waals surface area contributed by atoms with Gasteiger partial charge >= 0.3 is 5.97 Å². The first-order valence-electron chi connectivity index (χ1n) is 9.11. The van der Waals surface area contributed by atoms with Gasteiger partial charge in [-0.05, 0) is 39.0 Å². The number of aromatic nitrogens is 2. The summed E-state index contributed by atoms with van der Waals surface area (Å²) in [6.07, 6.45) is -0.0474. The minimum absolute atomic E-state index is 0.0474. The van der Waals surface area contributed by atoms with Crippen LogP contribution in [-0.2, 0) is 20.7 Å². The smallest absolute Gasteiger partial charge is 0.312 e. The van der Waals surface area contributed by atoms with Crippen molar-refractivity contribution in [1.29, 1.82) is 0 Å². The lowest BCUT2D eigenvalue weighted by Gasteiger charge is -2.17. The van der Waals surface area contributed by atoms with E-state index in [0.29, 0.717) is 23.4 Å². The van der Waals surface area contributed by atoms with Crippen LogP contribution in [0.4, 0.5) is 0 Å². The molecule has 0 spiro atoms. The minimum Gasteiger partial charge on any atom is -0.457 e. The van der Waals surface area contributed by atoms with Crippen LogP contribution in [0.5, 0.6) is 0 Å². The molecular formula is C21H24N2O5. The van der Waals surface area contributed by atoms with Crippen molar-refractivity contribution < 1.29 is 23.6 Å². The molecule has 148 valence electrons. The van der Waals surface area contributed by atoms with Gasteiger partial charge in [-0.2, -0.15) is 0 Å². The number of ketones is 1. The fraction of sp³-hybridized carbons (Fsp3) is 0.381. The molecule has 0 aliphatic heterocycles. The van der Waals surface area contributed by atoms with Crippen molar-refractivity contribution in [2.24, 2.45) is 0 Å². The zero-order valence-corrected chi connectivity index (χ0v) is 16.5. The van der Waals surface area contributed by atoms with Crippen LogP contribution in [-0.4, -0.2) is 41.8 Å². The Kier molecular flexibility index (Phi) is 5.94. The molecule has 7 nitrogen and oxygen atoms in total. The zero-order valence-electron chi connectivity index (χ0n) is 16.5. The molecule has 0 unspecified atom stereocenters. The van der Waals surface area contributed by atoms with E-state index in [1.165, 1.54) is 0 Å². The summed E-state index contributed by atoms with van der Waals surface area (Å²) in [5.41, 5.74) is 3.47. The van der Waals surface area contributed by atoms with Crippen LogP contribution in [0.1, 0.15) is 40.4 Å². The van der Waals surface area contributed by atoms with E-state index >= 15 is 0 Å². The average Bonchev–Trinajstić information content (AvgIpc) is 3.20. The van der Waals surface area contributed by atoms with Crippen LogP contribution in [0.3, 0.4) is 0 Å². The number of methoxy groups -OCH3 is 1. The standard InChI is InChI=1S/C21H24N2O5/c1-13-9-17(15(3)23(13)14(2)11-26-4)19(24)12-27-21(25)10-18-16-7-5-6-8-20(16)28-22-18/h5-9,14H,10-12H2,1-4H3/t14-/m0/s1. The summed E-state index contributed by atoms with van der Waals surface area (Å²) >= 11 is 0. The maximum atomic E-state index is 12.6. The predicted octanol–water partition coefficient (Wildman–Crippen LogP) is 3.42. The van der Waals surface area contributed by atoms with Gasteiger partial charge in [-0.1, -0.05) is 17.3 Å². The summed E-state index contributed by atoms with van der Waals surface area (Å²) < 4.78 is 17.6. The number of fused-ring (bicyclic) bond motifs is 1. The van der Waals surface area contributed by atoms with Gasteiger partial charge in [0, 0.05) is 29.4 Å². The molecule has 2 aromatic heterocycles. The van der Waals surface area contributed by atoms with Gasteiger partial charge in [0.05, 0.1) is 19.1 Å². The van der Waals surface area contributed by atoms with E-state index in [4.69, 9.17) is 14.0 Å². The highest BCUT2D eigenvalue weighted by atomic mass is 16.5. The number of hydrogen-bond acceptors (Lipinski definition) is 6. The Morgan fingerprint density at radius 2 is 2.00 bits per heavy atom. The number of ether oxygens (including phenoxy) is 2. The molecule has 0 fully saturated rings. The molecule has 3 rings (SSSR count). The van der Waals surface area contributed by atoms with Crippen molar-refractivity contribution in [2.75, 3.05) is 20.3 Å². The Balaban J connectivity index is 1.64. The SMILES string of the molecule is COC[C@H](C)n1c(C)cc(C(=O)COC(=O)Cc2noc3ccccc23)c1C. The summed E-state index contributed by atoms with van der Waals surface area (Å²) in [4.78, 5) is 24.7. The molecule has 0 saturated heterocycles. The quantitative estimate of drug-likeness (QED) is 0.437. The van der Waals surface area contributed by atoms with Gasteiger partial charge in [0.1, 0.15) is 5.69 Å². The Morgan fingerprint density at radius 1 is 1.25 bits per heavy atom. The minimum atomic E-state index is -0.519. The number of carbonyl (C=O) groups is 2. The second kappa shape index (κ2) is 8.39.